The first-order chi connectivity index (χ1) is 11.3. The lowest BCUT2D eigenvalue weighted by Gasteiger charge is -2.56. The molecule has 0 bridgehead atoms. The van der Waals surface area contributed by atoms with E-state index in [1.807, 2.05) is 0 Å². The van der Waals surface area contributed by atoms with E-state index in [0.29, 0.717) is 12.1 Å². The SMILES string of the molecule is O[C@@H]1C[C@]23CCO[C@H]2CCN2CCc4c(n1c1ccccc41)[C@@H]23. The largest absolute Gasteiger partial charge is 0.377 e. The fraction of sp³-hybridized carbons (Fsp3) is 0.579. The van der Waals surface area contributed by atoms with Crippen molar-refractivity contribution >= 4 is 10.9 Å². The number of fused-ring (bicyclic) bond motifs is 3. The van der Waals surface area contributed by atoms with Crippen LogP contribution in [-0.4, -0.2) is 40.4 Å². The van der Waals surface area contributed by atoms with Crippen molar-refractivity contribution in [3.63, 3.8) is 0 Å². The zero-order chi connectivity index (χ0) is 15.2. The summed E-state index contributed by atoms with van der Waals surface area (Å²) >= 11 is 0. The van der Waals surface area contributed by atoms with Gasteiger partial charge >= 0.3 is 0 Å². The van der Waals surface area contributed by atoms with Crippen molar-refractivity contribution in [2.24, 2.45) is 5.41 Å². The summed E-state index contributed by atoms with van der Waals surface area (Å²) in [5.74, 6) is 0. The van der Waals surface area contributed by atoms with Crippen LogP contribution >= 0.6 is 0 Å². The molecule has 1 aromatic carbocycles. The van der Waals surface area contributed by atoms with Crippen LogP contribution < -0.4 is 0 Å². The summed E-state index contributed by atoms with van der Waals surface area (Å²) in [6.45, 7) is 3.14. The second-order valence-electron chi connectivity index (χ2n) is 7.76. The van der Waals surface area contributed by atoms with E-state index in [-0.39, 0.29) is 5.41 Å². The summed E-state index contributed by atoms with van der Waals surface area (Å²) in [5, 5.41) is 12.4. The van der Waals surface area contributed by atoms with Crippen molar-refractivity contribution in [3.05, 3.63) is 35.5 Å². The average Bonchev–Trinajstić information content (AvgIpc) is 3.12. The number of aromatic nitrogens is 1. The van der Waals surface area contributed by atoms with Crippen molar-refractivity contribution < 1.29 is 9.84 Å². The molecule has 0 aliphatic carbocycles. The predicted molar refractivity (Wildman–Crippen MR) is 87.2 cm³/mol. The number of hydrogen-bond donors (Lipinski definition) is 1. The van der Waals surface area contributed by atoms with Crippen LogP contribution in [0.2, 0.25) is 0 Å². The Morgan fingerprint density at radius 3 is 3.09 bits per heavy atom. The number of hydrogen-bond acceptors (Lipinski definition) is 3. The number of nitrogens with zero attached hydrogens (tertiary/aromatic N) is 2. The minimum absolute atomic E-state index is 0.122. The van der Waals surface area contributed by atoms with Gasteiger partial charge in [-0.1, -0.05) is 18.2 Å². The van der Waals surface area contributed by atoms with Crippen molar-refractivity contribution in [3.8, 4) is 0 Å². The highest BCUT2D eigenvalue weighted by Gasteiger charge is 2.60. The fourth-order valence-corrected chi connectivity index (χ4v) is 6.13. The molecule has 0 unspecified atom stereocenters. The van der Waals surface area contributed by atoms with E-state index in [1.165, 1.54) is 22.2 Å². The van der Waals surface area contributed by atoms with Crippen LogP contribution in [0, 0.1) is 5.41 Å². The van der Waals surface area contributed by atoms with Crippen molar-refractivity contribution in [2.45, 2.75) is 44.1 Å². The normalized spacial score (nSPS) is 38.6. The molecule has 4 aliphatic rings. The molecule has 2 saturated heterocycles. The monoisotopic (exact) mass is 310 g/mol. The lowest BCUT2D eigenvalue weighted by Crippen LogP contribution is -2.57. The molecule has 4 heteroatoms. The van der Waals surface area contributed by atoms with Crippen molar-refractivity contribution in [1.29, 1.82) is 0 Å². The van der Waals surface area contributed by atoms with E-state index in [1.54, 1.807) is 0 Å². The van der Waals surface area contributed by atoms with E-state index < -0.39 is 6.23 Å². The standard InChI is InChI=1S/C19H22N2O2/c22-16-11-19-7-10-23-15(19)6-9-20-8-5-13-12-3-1-2-4-14(12)21(16)17(13)18(19)20/h1-4,15-16,18,22H,5-11H2/t15-,16+,18+,19+/m0/s1. The molecule has 1 aromatic heterocycles. The number of rotatable bonds is 0. The Labute approximate surface area is 135 Å². The maximum atomic E-state index is 11.1. The van der Waals surface area contributed by atoms with Gasteiger partial charge in [0.2, 0.25) is 0 Å². The van der Waals surface area contributed by atoms with Crippen LogP contribution in [-0.2, 0) is 11.2 Å². The molecular formula is C19H22N2O2. The van der Waals surface area contributed by atoms with Gasteiger partial charge < -0.3 is 14.4 Å². The third kappa shape index (κ3) is 1.40. The Bertz CT molecular complexity index is 813. The van der Waals surface area contributed by atoms with Gasteiger partial charge in [-0.25, -0.2) is 0 Å². The number of piperidine rings is 1. The van der Waals surface area contributed by atoms with Gasteiger partial charge in [0.1, 0.15) is 6.23 Å². The van der Waals surface area contributed by atoms with E-state index in [0.717, 1.165) is 45.4 Å². The molecule has 6 rings (SSSR count). The minimum Gasteiger partial charge on any atom is -0.377 e. The Hall–Kier alpha value is -1.36. The number of aliphatic hydroxyl groups excluding tert-OH is 1. The van der Waals surface area contributed by atoms with Gasteiger partial charge in [0.25, 0.3) is 0 Å². The Kier molecular flexibility index (Phi) is 2.36. The van der Waals surface area contributed by atoms with Gasteiger partial charge in [-0.05, 0) is 30.9 Å². The van der Waals surface area contributed by atoms with Gasteiger partial charge in [-0.2, -0.15) is 0 Å². The van der Waals surface area contributed by atoms with E-state index in [2.05, 4.69) is 33.7 Å². The first-order valence-corrected chi connectivity index (χ1v) is 8.95. The molecule has 120 valence electrons. The van der Waals surface area contributed by atoms with Gasteiger partial charge in [-0.15, -0.1) is 0 Å². The summed E-state index contributed by atoms with van der Waals surface area (Å²) < 4.78 is 8.36. The highest BCUT2D eigenvalue weighted by molar-refractivity contribution is 5.86. The molecule has 5 heterocycles. The number of ether oxygens (including phenoxy) is 1. The van der Waals surface area contributed by atoms with E-state index in [4.69, 9.17) is 4.74 Å². The first-order valence-electron chi connectivity index (χ1n) is 8.95. The first kappa shape index (κ1) is 13.0. The summed E-state index contributed by atoms with van der Waals surface area (Å²) in [6.07, 6.45) is 4.08. The Balaban J connectivity index is 1.70. The molecule has 1 N–H and O–H groups in total. The summed E-state index contributed by atoms with van der Waals surface area (Å²) in [4.78, 5) is 2.68. The molecule has 0 amide bonds. The van der Waals surface area contributed by atoms with Crippen molar-refractivity contribution in [2.75, 3.05) is 19.7 Å². The number of para-hydroxylation sites is 1. The highest BCUT2D eigenvalue weighted by Crippen LogP contribution is 2.61. The molecule has 2 aromatic rings. The third-order valence-corrected chi connectivity index (χ3v) is 6.94. The molecule has 4 atom stereocenters. The number of aliphatic hydroxyl groups is 1. The van der Waals surface area contributed by atoms with E-state index in [9.17, 15) is 5.11 Å². The molecule has 0 radical (unpaired) electrons. The zero-order valence-corrected chi connectivity index (χ0v) is 13.2. The topological polar surface area (TPSA) is 37.6 Å². The summed E-state index contributed by atoms with van der Waals surface area (Å²) in [5.41, 5.74) is 4.21. The molecule has 23 heavy (non-hydrogen) atoms. The fourth-order valence-electron chi connectivity index (χ4n) is 6.13. The molecule has 2 fully saturated rings. The minimum atomic E-state index is -0.415. The molecular weight excluding hydrogens is 288 g/mol. The van der Waals surface area contributed by atoms with Crippen LogP contribution in [0.3, 0.4) is 0 Å². The van der Waals surface area contributed by atoms with Crippen LogP contribution in [0.1, 0.15) is 42.8 Å². The smallest absolute Gasteiger partial charge is 0.131 e. The lowest BCUT2D eigenvalue weighted by molar-refractivity contribution is -0.117. The third-order valence-electron chi connectivity index (χ3n) is 6.94. The van der Waals surface area contributed by atoms with Gasteiger partial charge in [0.15, 0.2) is 0 Å². The second kappa shape index (κ2) is 4.18. The predicted octanol–water partition coefficient (Wildman–Crippen LogP) is 2.61. The maximum absolute atomic E-state index is 11.1. The Morgan fingerprint density at radius 2 is 2.13 bits per heavy atom. The van der Waals surface area contributed by atoms with Gasteiger partial charge in [-0.3, -0.25) is 4.90 Å². The molecule has 0 saturated carbocycles. The van der Waals surface area contributed by atoms with Crippen LogP contribution in [0.4, 0.5) is 0 Å². The quantitative estimate of drug-likeness (QED) is 0.813. The maximum Gasteiger partial charge on any atom is 0.131 e. The van der Waals surface area contributed by atoms with Crippen LogP contribution in [0.15, 0.2) is 24.3 Å². The van der Waals surface area contributed by atoms with Crippen molar-refractivity contribution in [1.82, 2.24) is 9.47 Å². The van der Waals surface area contributed by atoms with Crippen LogP contribution in [0.25, 0.3) is 10.9 Å². The molecule has 4 aliphatic heterocycles. The van der Waals surface area contributed by atoms with Crippen LogP contribution in [0.5, 0.6) is 0 Å². The summed E-state index contributed by atoms with van der Waals surface area (Å²) in [7, 11) is 0. The average molecular weight is 310 g/mol. The number of benzene rings is 1. The highest BCUT2D eigenvalue weighted by atomic mass is 16.5. The summed E-state index contributed by atoms with van der Waals surface area (Å²) in [6, 6.07) is 9.06. The Morgan fingerprint density at radius 1 is 1.22 bits per heavy atom. The molecule has 4 nitrogen and oxygen atoms in total. The van der Waals surface area contributed by atoms with E-state index >= 15 is 0 Å². The lowest BCUT2D eigenvalue weighted by atomic mass is 9.63. The second-order valence-corrected chi connectivity index (χ2v) is 7.76. The zero-order valence-electron chi connectivity index (χ0n) is 13.2. The molecule has 1 spiro atoms. The van der Waals surface area contributed by atoms with Gasteiger partial charge in [0, 0.05) is 42.6 Å². The van der Waals surface area contributed by atoms with Gasteiger partial charge in [0.05, 0.1) is 17.7 Å².